The van der Waals surface area contributed by atoms with Gasteiger partial charge in [0.1, 0.15) is 0 Å². The molecule has 0 saturated carbocycles. The van der Waals surface area contributed by atoms with Crippen LogP contribution in [0.15, 0.2) is 24.3 Å². The predicted octanol–water partition coefficient (Wildman–Crippen LogP) is 0.738. The van der Waals surface area contributed by atoms with Gasteiger partial charge in [-0.05, 0) is 17.7 Å². The zero-order valence-corrected chi connectivity index (χ0v) is 10.2. The molecule has 1 heterocycles. The molecule has 0 radical (unpaired) electrons. The van der Waals surface area contributed by atoms with Crippen molar-refractivity contribution in [1.29, 1.82) is 0 Å². The molecule has 2 rings (SSSR count). The summed E-state index contributed by atoms with van der Waals surface area (Å²) in [4.78, 5) is 24.0. The van der Waals surface area contributed by atoms with Gasteiger partial charge in [0.15, 0.2) is 0 Å². The standard InChI is InChI=1S/C13H16N2O3/c1-9(16)14-11-4-2-10(3-5-11)7-15-8-12(17)6-13(15)18/h2-5,12,17H,6-8H2,1H3,(H,14,16). The molecule has 1 aliphatic heterocycles. The largest absolute Gasteiger partial charge is 0.391 e. The zero-order valence-electron chi connectivity index (χ0n) is 10.2. The fourth-order valence-corrected chi connectivity index (χ4v) is 2.02. The third-order valence-electron chi connectivity index (χ3n) is 2.84. The van der Waals surface area contributed by atoms with Crippen molar-refractivity contribution in [2.45, 2.75) is 26.0 Å². The van der Waals surface area contributed by atoms with E-state index in [4.69, 9.17) is 0 Å². The number of aliphatic hydroxyl groups excluding tert-OH is 1. The van der Waals surface area contributed by atoms with E-state index in [0.717, 1.165) is 11.3 Å². The fourth-order valence-electron chi connectivity index (χ4n) is 2.02. The molecule has 1 atom stereocenters. The van der Waals surface area contributed by atoms with Crippen LogP contribution >= 0.6 is 0 Å². The minimum absolute atomic E-state index is 0.0200. The molecule has 5 nitrogen and oxygen atoms in total. The molecular weight excluding hydrogens is 232 g/mol. The number of rotatable bonds is 3. The molecule has 1 unspecified atom stereocenters. The van der Waals surface area contributed by atoms with Crippen molar-refractivity contribution < 1.29 is 14.7 Å². The van der Waals surface area contributed by atoms with Crippen molar-refractivity contribution in [3.8, 4) is 0 Å². The first-order chi connectivity index (χ1) is 8.54. The molecular formula is C13H16N2O3. The van der Waals surface area contributed by atoms with Crippen LogP contribution in [0.3, 0.4) is 0 Å². The number of anilines is 1. The van der Waals surface area contributed by atoms with Crippen molar-refractivity contribution in [2.24, 2.45) is 0 Å². The van der Waals surface area contributed by atoms with Crippen LogP contribution < -0.4 is 5.32 Å². The number of hydrogen-bond acceptors (Lipinski definition) is 3. The van der Waals surface area contributed by atoms with Gasteiger partial charge in [0.25, 0.3) is 0 Å². The van der Waals surface area contributed by atoms with Crippen LogP contribution in [0, 0.1) is 0 Å². The van der Waals surface area contributed by atoms with E-state index in [1.807, 2.05) is 12.1 Å². The predicted molar refractivity (Wildman–Crippen MR) is 66.8 cm³/mol. The lowest BCUT2D eigenvalue weighted by atomic mass is 10.2. The number of hydrogen-bond donors (Lipinski definition) is 2. The maximum atomic E-state index is 11.5. The van der Waals surface area contributed by atoms with Crippen LogP contribution in [0.25, 0.3) is 0 Å². The van der Waals surface area contributed by atoms with E-state index in [1.54, 1.807) is 17.0 Å². The van der Waals surface area contributed by atoms with Crippen LogP contribution in [0.4, 0.5) is 5.69 Å². The van der Waals surface area contributed by atoms with Crippen LogP contribution in [0.1, 0.15) is 18.9 Å². The van der Waals surface area contributed by atoms with E-state index < -0.39 is 6.10 Å². The summed E-state index contributed by atoms with van der Waals surface area (Å²) < 4.78 is 0. The summed E-state index contributed by atoms with van der Waals surface area (Å²) in [6, 6.07) is 7.33. The lowest BCUT2D eigenvalue weighted by molar-refractivity contribution is -0.128. The number of nitrogens with one attached hydrogen (secondary N) is 1. The van der Waals surface area contributed by atoms with Crippen molar-refractivity contribution in [1.82, 2.24) is 4.90 Å². The molecule has 0 spiro atoms. The van der Waals surface area contributed by atoms with Crippen molar-refractivity contribution in [2.75, 3.05) is 11.9 Å². The molecule has 0 aromatic heterocycles. The Hall–Kier alpha value is -1.88. The van der Waals surface area contributed by atoms with E-state index in [1.165, 1.54) is 6.92 Å². The summed E-state index contributed by atoms with van der Waals surface area (Å²) >= 11 is 0. The van der Waals surface area contributed by atoms with Crippen molar-refractivity contribution >= 4 is 17.5 Å². The van der Waals surface area contributed by atoms with Gasteiger partial charge in [0.2, 0.25) is 11.8 Å². The highest BCUT2D eigenvalue weighted by Gasteiger charge is 2.27. The van der Waals surface area contributed by atoms with Gasteiger partial charge in [-0.1, -0.05) is 12.1 Å². The second-order valence-electron chi connectivity index (χ2n) is 4.51. The summed E-state index contributed by atoms with van der Waals surface area (Å²) in [5.74, 6) is -0.131. The summed E-state index contributed by atoms with van der Waals surface area (Å²) in [5.41, 5.74) is 1.71. The van der Waals surface area contributed by atoms with Gasteiger partial charge in [-0.3, -0.25) is 9.59 Å². The van der Waals surface area contributed by atoms with Gasteiger partial charge >= 0.3 is 0 Å². The van der Waals surface area contributed by atoms with Gasteiger partial charge in [-0.15, -0.1) is 0 Å². The van der Waals surface area contributed by atoms with Crippen LogP contribution in [0.5, 0.6) is 0 Å². The fraction of sp³-hybridized carbons (Fsp3) is 0.385. The molecule has 1 fully saturated rings. The van der Waals surface area contributed by atoms with Crippen LogP contribution in [-0.2, 0) is 16.1 Å². The molecule has 0 bridgehead atoms. The zero-order chi connectivity index (χ0) is 13.1. The van der Waals surface area contributed by atoms with E-state index >= 15 is 0 Å². The lowest BCUT2D eigenvalue weighted by Gasteiger charge is -2.15. The molecule has 2 amide bonds. The molecule has 5 heteroatoms. The first-order valence-electron chi connectivity index (χ1n) is 5.87. The number of aliphatic hydroxyl groups is 1. The molecule has 2 N–H and O–H groups in total. The van der Waals surface area contributed by atoms with E-state index in [9.17, 15) is 14.7 Å². The second-order valence-corrected chi connectivity index (χ2v) is 4.51. The number of carbonyl (C=O) groups excluding carboxylic acids is 2. The van der Waals surface area contributed by atoms with Crippen LogP contribution in [-0.4, -0.2) is 34.5 Å². The third-order valence-corrected chi connectivity index (χ3v) is 2.84. The summed E-state index contributed by atoms with van der Waals surface area (Å²) in [6.07, 6.45) is -0.333. The number of carbonyl (C=O) groups is 2. The van der Waals surface area contributed by atoms with Crippen molar-refractivity contribution in [3.63, 3.8) is 0 Å². The first kappa shape index (κ1) is 12.6. The minimum Gasteiger partial charge on any atom is -0.391 e. The third kappa shape index (κ3) is 3.07. The highest BCUT2D eigenvalue weighted by atomic mass is 16.3. The highest BCUT2D eigenvalue weighted by Crippen LogP contribution is 2.16. The number of β-amino-alcohol motifs (C(OH)–C–C–N with tert-alkyl or cyclic N) is 1. The summed E-state index contributed by atoms with van der Waals surface area (Å²) in [7, 11) is 0. The Morgan fingerprint density at radius 3 is 2.61 bits per heavy atom. The molecule has 96 valence electrons. The smallest absolute Gasteiger partial charge is 0.225 e. The normalized spacial score (nSPS) is 19.1. The summed E-state index contributed by atoms with van der Waals surface area (Å²) in [6.45, 7) is 2.35. The first-order valence-corrected chi connectivity index (χ1v) is 5.87. The molecule has 18 heavy (non-hydrogen) atoms. The molecule has 1 saturated heterocycles. The average Bonchev–Trinajstić information content (AvgIpc) is 2.59. The average molecular weight is 248 g/mol. The molecule has 1 aromatic carbocycles. The maximum Gasteiger partial charge on any atom is 0.225 e. The monoisotopic (exact) mass is 248 g/mol. The van der Waals surface area contributed by atoms with Gasteiger partial charge in [-0.25, -0.2) is 0 Å². The van der Waals surface area contributed by atoms with E-state index in [2.05, 4.69) is 5.32 Å². The number of amides is 2. The molecule has 1 aliphatic rings. The quantitative estimate of drug-likeness (QED) is 0.828. The van der Waals surface area contributed by atoms with E-state index in [0.29, 0.717) is 13.1 Å². The van der Waals surface area contributed by atoms with Gasteiger partial charge in [0, 0.05) is 25.7 Å². The Kier molecular flexibility index (Phi) is 3.62. The topological polar surface area (TPSA) is 69.6 Å². The van der Waals surface area contributed by atoms with Gasteiger partial charge in [0.05, 0.1) is 12.5 Å². The molecule has 0 aliphatic carbocycles. The SMILES string of the molecule is CC(=O)Nc1ccc(CN2CC(O)CC2=O)cc1. The minimum atomic E-state index is -0.545. The Balaban J connectivity index is 1.98. The summed E-state index contributed by atoms with van der Waals surface area (Å²) in [5, 5.41) is 12.1. The lowest BCUT2D eigenvalue weighted by Crippen LogP contribution is -2.25. The van der Waals surface area contributed by atoms with Crippen molar-refractivity contribution in [3.05, 3.63) is 29.8 Å². The second kappa shape index (κ2) is 5.18. The Morgan fingerprint density at radius 2 is 2.11 bits per heavy atom. The Labute approximate surface area is 105 Å². The number of benzene rings is 1. The van der Waals surface area contributed by atoms with Gasteiger partial charge < -0.3 is 15.3 Å². The Bertz CT molecular complexity index is 456. The van der Waals surface area contributed by atoms with E-state index in [-0.39, 0.29) is 18.2 Å². The van der Waals surface area contributed by atoms with Gasteiger partial charge in [-0.2, -0.15) is 0 Å². The Morgan fingerprint density at radius 1 is 1.44 bits per heavy atom. The maximum absolute atomic E-state index is 11.5. The van der Waals surface area contributed by atoms with Crippen LogP contribution in [0.2, 0.25) is 0 Å². The molecule has 1 aromatic rings. The number of likely N-dealkylation sites (tertiary alicyclic amines) is 1. The number of nitrogens with zero attached hydrogens (tertiary/aromatic N) is 1. The highest BCUT2D eigenvalue weighted by molar-refractivity contribution is 5.88.